The summed E-state index contributed by atoms with van der Waals surface area (Å²) in [6.07, 6.45) is 7.20. The van der Waals surface area contributed by atoms with Crippen molar-refractivity contribution in [3.05, 3.63) is 53.8 Å². The zero-order valence-electron chi connectivity index (χ0n) is 16.2. The van der Waals surface area contributed by atoms with Crippen LogP contribution in [0.15, 0.2) is 42.5 Å². The minimum Gasteiger partial charge on any atom is -0.493 e. The summed E-state index contributed by atoms with van der Waals surface area (Å²) < 4.78 is 24.8. The number of carbonyl (C=O) groups is 1. The number of hydrogen-bond acceptors (Lipinski definition) is 3. The third-order valence-corrected chi connectivity index (χ3v) is 6.06. The minimum atomic E-state index is -0.583. The monoisotopic (exact) mass is 383 g/mol. The van der Waals surface area contributed by atoms with E-state index in [0.29, 0.717) is 17.2 Å². The van der Waals surface area contributed by atoms with Crippen LogP contribution in [0, 0.1) is 5.82 Å². The standard InChI is InChI=1S/C23H26FNO3/c1-27-20-12-11-18(15-21(20)28-19-5-2-3-6-19)25-22(26)23(13-4-14-23)16-7-9-17(24)10-8-16/h7-12,15,19H,2-6,13-14H2,1H3,(H,25,26). The quantitative estimate of drug-likeness (QED) is 0.744. The van der Waals surface area contributed by atoms with Crippen LogP contribution in [0.1, 0.15) is 50.5 Å². The Morgan fingerprint density at radius 3 is 2.36 bits per heavy atom. The van der Waals surface area contributed by atoms with Crippen molar-refractivity contribution in [2.45, 2.75) is 56.5 Å². The molecule has 0 unspecified atom stereocenters. The Morgan fingerprint density at radius 2 is 1.75 bits per heavy atom. The molecule has 2 aromatic rings. The highest BCUT2D eigenvalue weighted by Crippen LogP contribution is 2.45. The van der Waals surface area contributed by atoms with Crippen LogP contribution in [0.5, 0.6) is 11.5 Å². The molecule has 28 heavy (non-hydrogen) atoms. The van der Waals surface area contributed by atoms with Crippen LogP contribution in [-0.4, -0.2) is 19.1 Å². The lowest BCUT2D eigenvalue weighted by atomic mass is 9.64. The summed E-state index contributed by atoms with van der Waals surface area (Å²) in [7, 11) is 1.62. The number of benzene rings is 2. The summed E-state index contributed by atoms with van der Waals surface area (Å²) in [5.41, 5.74) is 0.973. The summed E-state index contributed by atoms with van der Waals surface area (Å²) in [6.45, 7) is 0. The molecule has 4 rings (SSSR count). The van der Waals surface area contributed by atoms with Gasteiger partial charge in [0.25, 0.3) is 0 Å². The second-order valence-corrected chi connectivity index (χ2v) is 7.79. The van der Waals surface area contributed by atoms with Gasteiger partial charge < -0.3 is 14.8 Å². The first-order valence-electron chi connectivity index (χ1n) is 10.0. The second-order valence-electron chi connectivity index (χ2n) is 7.79. The molecule has 0 aliphatic heterocycles. The van der Waals surface area contributed by atoms with Gasteiger partial charge in [-0.15, -0.1) is 0 Å². The maximum atomic E-state index is 13.3. The van der Waals surface area contributed by atoms with Gasteiger partial charge in [-0.05, 0) is 68.4 Å². The molecule has 1 amide bonds. The van der Waals surface area contributed by atoms with Crippen molar-refractivity contribution >= 4 is 11.6 Å². The molecule has 0 atom stereocenters. The Kier molecular flexibility index (Phi) is 5.25. The Balaban J connectivity index is 1.54. The molecule has 0 aromatic heterocycles. The number of carbonyl (C=O) groups excluding carboxylic acids is 1. The maximum Gasteiger partial charge on any atom is 0.235 e. The summed E-state index contributed by atoms with van der Waals surface area (Å²) in [6, 6.07) is 11.8. The van der Waals surface area contributed by atoms with E-state index in [9.17, 15) is 9.18 Å². The van der Waals surface area contributed by atoms with Gasteiger partial charge in [-0.3, -0.25) is 4.79 Å². The Hall–Kier alpha value is -2.56. The van der Waals surface area contributed by atoms with E-state index in [1.165, 1.54) is 25.0 Å². The van der Waals surface area contributed by atoms with Gasteiger partial charge in [0, 0.05) is 11.8 Å². The highest BCUT2D eigenvalue weighted by molar-refractivity contribution is 6.00. The van der Waals surface area contributed by atoms with Crippen molar-refractivity contribution in [1.29, 1.82) is 0 Å². The van der Waals surface area contributed by atoms with Gasteiger partial charge in [-0.25, -0.2) is 4.39 Å². The largest absolute Gasteiger partial charge is 0.493 e. The highest BCUT2D eigenvalue weighted by Gasteiger charge is 2.45. The number of amides is 1. The van der Waals surface area contributed by atoms with Crippen LogP contribution in [0.2, 0.25) is 0 Å². The second kappa shape index (κ2) is 7.82. The van der Waals surface area contributed by atoms with E-state index >= 15 is 0 Å². The Labute approximate surface area is 165 Å². The van der Waals surface area contributed by atoms with E-state index in [2.05, 4.69) is 5.32 Å². The van der Waals surface area contributed by atoms with Gasteiger partial charge in [-0.2, -0.15) is 0 Å². The van der Waals surface area contributed by atoms with Crippen LogP contribution in [0.25, 0.3) is 0 Å². The molecule has 0 radical (unpaired) electrons. The van der Waals surface area contributed by atoms with Crippen LogP contribution >= 0.6 is 0 Å². The topological polar surface area (TPSA) is 47.6 Å². The number of methoxy groups -OCH3 is 1. The maximum absolute atomic E-state index is 13.3. The van der Waals surface area contributed by atoms with Gasteiger partial charge in [-0.1, -0.05) is 18.6 Å². The van der Waals surface area contributed by atoms with Gasteiger partial charge in [0.1, 0.15) is 5.82 Å². The predicted molar refractivity (Wildman–Crippen MR) is 106 cm³/mol. The highest BCUT2D eigenvalue weighted by atomic mass is 19.1. The molecule has 0 spiro atoms. The molecule has 4 nitrogen and oxygen atoms in total. The third kappa shape index (κ3) is 3.58. The van der Waals surface area contributed by atoms with Crippen LogP contribution in [0.4, 0.5) is 10.1 Å². The van der Waals surface area contributed by atoms with Crippen LogP contribution in [0.3, 0.4) is 0 Å². The SMILES string of the molecule is COc1ccc(NC(=O)C2(c3ccc(F)cc3)CCC2)cc1OC1CCCC1. The van der Waals surface area contributed by atoms with E-state index in [1.54, 1.807) is 19.2 Å². The fourth-order valence-electron chi connectivity index (χ4n) is 4.23. The number of halogens is 1. The molecule has 1 N–H and O–H groups in total. The molecule has 2 aliphatic carbocycles. The molecule has 0 saturated heterocycles. The molecule has 148 valence electrons. The molecule has 2 aliphatic rings. The van der Waals surface area contributed by atoms with E-state index in [-0.39, 0.29) is 17.8 Å². The molecule has 2 saturated carbocycles. The summed E-state index contributed by atoms with van der Waals surface area (Å²) in [5, 5.41) is 3.05. The lowest BCUT2D eigenvalue weighted by molar-refractivity contribution is -0.124. The molecule has 2 aromatic carbocycles. The first kappa shape index (κ1) is 18.8. The fraction of sp³-hybridized carbons (Fsp3) is 0.435. The molecule has 0 bridgehead atoms. The number of ether oxygens (including phenoxy) is 2. The molecular weight excluding hydrogens is 357 g/mol. The normalized spacial score (nSPS) is 18.4. The van der Waals surface area contributed by atoms with Crippen LogP contribution in [-0.2, 0) is 10.2 Å². The van der Waals surface area contributed by atoms with Gasteiger partial charge in [0.15, 0.2) is 11.5 Å². The molecule has 5 heteroatoms. The summed E-state index contributed by atoms with van der Waals surface area (Å²) in [5.74, 6) is 0.989. The third-order valence-electron chi connectivity index (χ3n) is 6.06. The number of nitrogens with one attached hydrogen (secondary N) is 1. The number of rotatable bonds is 6. The smallest absolute Gasteiger partial charge is 0.235 e. The summed E-state index contributed by atoms with van der Waals surface area (Å²) in [4.78, 5) is 13.1. The minimum absolute atomic E-state index is 0.0534. The van der Waals surface area contributed by atoms with Crippen molar-refractivity contribution in [1.82, 2.24) is 0 Å². The zero-order valence-corrected chi connectivity index (χ0v) is 16.2. The van der Waals surface area contributed by atoms with E-state index in [0.717, 1.165) is 37.7 Å². The van der Waals surface area contributed by atoms with Gasteiger partial charge in [0.2, 0.25) is 5.91 Å². The van der Waals surface area contributed by atoms with E-state index in [1.807, 2.05) is 18.2 Å². The number of anilines is 1. The first-order chi connectivity index (χ1) is 13.6. The van der Waals surface area contributed by atoms with Gasteiger partial charge in [0.05, 0.1) is 18.6 Å². The summed E-state index contributed by atoms with van der Waals surface area (Å²) >= 11 is 0. The molecule has 2 fully saturated rings. The molecular formula is C23H26FNO3. The average Bonchev–Trinajstić information content (AvgIpc) is 3.16. The van der Waals surface area contributed by atoms with E-state index < -0.39 is 5.41 Å². The Bertz CT molecular complexity index is 839. The van der Waals surface area contributed by atoms with Crippen molar-refractivity contribution < 1.29 is 18.7 Å². The fourth-order valence-corrected chi connectivity index (χ4v) is 4.23. The van der Waals surface area contributed by atoms with Crippen molar-refractivity contribution in [3.63, 3.8) is 0 Å². The number of hydrogen-bond donors (Lipinski definition) is 1. The lowest BCUT2D eigenvalue weighted by Gasteiger charge is -2.40. The van der Waals surface area contributed by atoms with Crippen molar-refractivity contribution in [2.75, 3.05) is 12.4 Å². The lowest BCUT2D eigenvalue weighted by Crippen LogP contribution is -2.46. The molecule has 0 heterocycles. The Morgan fingerprint density at radius 1 is 1.04 bits per heavy atom. The zero-order chi connectivity index (χ0) is 19.6. The van der Waals surface area contributed by atoms with Crippen LogP contribution < -0.4 is 14.8 Å². The van der Waals surface area contributed by atoms with Crippen molar-refractivity contribution in [2.24, 2.45) is 0 Å². The average molecular weight is 383 g/mol. The first-order valence-corrected chi connectivity index (χ1v) is 10.0. The van der Waals surface area contributed by atoms with E-state index in [4.69, 9.17) is 9.47 Å². The predicted octanol–water partition coefficient (Wildman–Crippen LogP) is 5.22. The van der Waals surface area contributed by atoms with Gasteiger partial charge >= 0.3 is 0 Å². The van der Waals surface area contributed by atoms with Crippen molar-refractivity contribution in [3.8, 4) is 11.5 Å².